The van der Waals surface area contributed by atoms with Gasteiger partial charge in [-0.05, 0) is 65.5 Å². The molecule has 0 bridgehead atoms. The molecule has 0 saturated heterocycles. The summed E-state index contributed by atoms with van der Waals surface area (Å²) in [5.74, 6) is -2.24. The Morgan fingerprint density at radius 3 is 1.76 bits per heavy atom. The first kappa shape index (κ1) is 38.8. The Labute approximate surface area is 264 Å². The van der Waals surface area contributed by atoms with Crippen LogP contribution in [0.4, 0.5) is 16.2 Å². The van der Waals surface area contributed by atoms with Crippen LogP contribution in [-0.4, -0.2) is 77.0 Å². The number of alkyl carbamates (subject to hydrolysis) is 1. The van der Waals surface area contributed by atoms with Crippen molar-refractivity contribution in [1.82, 2.24) is 26.6 Å². The Balaban J connectivity index is 2.71. The van der Waals surface area contributed by atoms with E-state index in [2.05, 4.69) is 31.9 Å². The second-order valence-electron chi connectivity index (χ2n) is 12.6. The molecule has 1 rings (SSSR count). The van der Waals surface area contributed by atoms with Crippen LogP contribution in [0.5, 0.6) is 0 Å². The van der Waals surface area contributed by atoms with E-state index in [1.807, 2.05) is 13.8 Å². The molecule has 0 aliphatic rings. The van der Waals surface area contributed by atoms with Crippen LogP contribution in [0.1, 0.15) is 69.2 Å². The molecule has 0 aliphatic carbocycles. The van der Waals surface area contributed by atoms with Crippen LogP contribution in [0.3, 0.4) is 0 Å². The molecule has 0 aromatic heterocycles. The van der Waals surface area contributed by atoms with Gasteiger partial charge in [0.05, 0.1) is 11.0 Å². The van der Waals surface area contributed by atoms with E-state index in [0.717, 1.165) is 0 Å². The van der Waals surface area contributed by atoms with Gasteiger partial charge in [0.2, 0.25) is 23.6 Å². The predicted octanol–water partition coefficient (Wildman–Crippen LogP) is 2.21. The number of nitro groups is 1. The van der Waals surface area contributed by atoms with Crippen molar-refractivity contribution < 1.29 is 33.6 Å². The number of nitro benzene ring substituents is 1. The molecule has 0 unspecified atom stereocenters. The quantitative estimate of drug-likeness (QED) is 0.123. The lowest BCUT2D eigenvalue weighted by Crippen LogP contribution is -2.58. The second-order valence-corrected chi connectivity index (χ2v) is 12.6. The molecule has 252 valence electrons. The van der Waals surface area contributed by atoms with Gasteiger partial charge in [-0.3, -0.25) is 29.3 Å². The summed E-state index contributed by atoms with van der Waals surface area (Å²) < 4.78 is 5.18. The largest absolute Gasteiger partial charge is 0.444 e. The number of anilines is 1. The Morgan fingerprint density at radius 2 is 1.27 bits per heavy atom. The van der Waals surface area contributed by atoms with Gasteiger partial charge in [0.15, 0.2) is 0 Å². The standard InChI is InChI=1S/C30H49N7O8/c1-16(2)23(35-28(41)24(17(3)4)36-27(40)20(7)33-29(42)45-30(8,9)10)15-31-18(5)25(38)32-19(6)26(39)34-21-11-13-22(14-12-21)37(43)44/h11-14,16-20,23-24,31H,15H2,1-10H3,(H,32,38)(H,33,42)(H,34,39)(H,35,41)(H,36,40)/t18-,19-,20-,23+,24-/m0/s1. The summed E-state index contributed by atoms with van der Waals surface area (Å²) in [5, 5.41) is 27.2. The first-order valence-corrected chi connectivity index (χ1v) is 14.9. The van der Waals surface area contributed by atoms with E-state index in [4.69, 9.17) is 4.74 Å². The van der Waals surface area contributed by atoms with E-state index in [-0.39, 0.29) is 24.1 Å². The molecule has 0 heterocycles. The number of benzene rings is 1. The van der Waals surface area contributed by atoms with Crippen LogP contribution in [-0.2, 0) is 23.9 Å². The van der Waals surface area contributed by atoms with Gasteiger partial charge in [0.25, 0.3) is 5.69 Å². The van der Waals surface area contributed by atoms with Crippen LogP contribution in [0, 0.1) is 22.0 Å². The molecular formula is C30H49N7O8. The first-order chi connectivity index (χ1) is 20.7. The van der Waals surface area contributed by atoms with Crippen molar-refractivity contribution in [1.29, 1.82) is 0 Å². The molecule has 5 amide bonds. The van der Waals surface area contributed by atoms with Gasteiger partial charge >= 0.3 is 6.09 Å². The van der Waals surface area contributed by atoms with E-state index in [0.29, 0.717) is 5.69 Å². The van der Waals surface area contributed by atoms with Gasteiger partial charge in [-0.25, -0.2) is 4.79 Å². The molecule has 15 heteroatoms. The predicted molar refractivity (Wildman–Crippen MR) is 169 cm³/mol. The highest BCUT2D eigenvalue weighted by Crippen LogP contribution is 2.15. The third-order valence-corrected chi connectivity index (χ3v) is 6.64. The van der Waals surface area contributed by atoms with E-state index < -0.39 is 70.5 Å². The number of nitrogens with one attached hydrogen (secondary N) is 6. The SMILES string of the molecule is CC(C)[C@H](NC(=O)[C@H](C)NC(=O)OC(C)(C)C)C(=O)N[C@H](CN[C@@H](C)C(=O)N[C@@H](C)C(=O)Nc1ccc([N+](=O)[O-])cc1)C(C)C. The van der Waals surface area contributed by atoms with Crippen LogP contribution < -0.4 is 31.9 Å². The van der Waals surface area contributed by atoms with Crippen molar-refractivity contribution in [2.75, 3.05) is 11.9 Å². The zero-order valence-corrected chi connectivity index (χ0v) is 27.8. The lowest BCUT2D eigenvalue weighted by atomic mass is 9.99. The number of hydrogen-bond acceptors (Lipinski definition) is 9. The zero-order valence-electron chi connectivity index (χ0n) is 27.8. The molecule has 0 aliphatic heterocycles. The van der Waals surface area contributed by atoms with Crippen LogP contribution in [0.25, 0.3) is 0 Å². The lowest BCUT2D eigenvalue weighted by molar-refractivity contribution is -0.384. The van der Waals surface area contributed by atoms with Gasteiger partial charge in [-0.15, -0.1) is 0 Å². The smallest absolute Gasteiger partial charge is 0.408 e. The normalized spacial score (nSPS) is 14.8. The molecule has 0 saturated carbocycles. The molecular weight excluding hydrogens is 586 g/mol. The minimum absolute atomic E-state index is 0.0422. The number of nitrogens with zero attached hydrogens (tertiary/aromatic N) is 1. The average molecular weight is 636 g/mol. The van der Waals surface area contributed by atoms with Gasteiger partial charge in [-0.1, -0.05) is 27.7 Å². The number of rotatable bonds is 15. The van der Waals surface area contributed by atoms with E-state index >= 15 is 0 Å². The van der Waals surface area contributed by atoms with E-state index in [1.165, 1.54) is 38.1 Å². The van der Waals surface area contributed by atoms with Crippen LogP contribution in [0.15, 0.2) is 24.3 Å². The highest BCUT2D eigenvalue weighted by atomic mass is 16.6. The lowest BCUT2D eigenvalue weighted by Gasteiger charge is -2.29. The van der Waals surface area contributed by atoms with Crippen molar-refractivity contribution in [2.45, 2.75) is 105 Å². The van der Waals surface area contributed by atoms with Crippen molar-refractivity contribution in [2.24, 2.45) is 11.8 Å². The summed E-state index contributed by atoms with van der Waals surface area (Å²) in [6.07, 6.45) is -0.751. The molecule has 0 spiro atoms. The fourth-order valence-corrected chi connectivity index (χ4v) is 3.81. The minimum atomic E-state index is -0.950. The summed E-state index contributed by atoms with van der Waals surface area (Å²) in [7, 11) is 0. The Hall–Kier alpha value is -4.27. The third kappa shape index (κ3) is 13.9. The number of ether oxygens (including phenoxy) is 1. The number of carbonyl (C=O) groups is 5. The molecule has 0 radical (unpaired) electrons. The molecule has 45 heavy (non-hydrogen) atoms. The van der Waals surface area contributed by atoms with E-state index in [9.17, 15) is 34.1 Å². The van der Waals surface area contributed by atoms with Crippen molar-refractivity contribution in [3.8, 4) is 0 Å². The molecule has 6 N–H and O–H groups in total. The van der Waals surface area contributed by atoms with E-state index in [1.54, 1.807) is 41.5 Å². The minimum Gasteiger partial charge on any atom is -0.444 e. The first-order valence-electron chi connectivity index (χ1n) is 14.9. The summed E-state index contributed by atoms with van der Waals surface area (Å²) in [6, 6.07) is 1.43. The van der Waals surface area contributed by atoms with Gasteiger partial charge in [0.1, 0.15) is 23.7 Å². The zero-order chi connectivity index (χ0) is 34.6. The van der Waals surface area contributed by atoms with Gasteiger partial charge < -0.3 is 36.6 Å². The monoisotopic (exact) mass is 635 g/mol. The number of non-ortho nitro benzene ring substituents is 1. The fraction of sp³-hybridized carbons (Fsp3) is 0.633. The third-order valence-electron chi connectivity index (χ3n) is 6.64. The van der Waals surface area contributed by atoms with Crippen LogP contribution >= 0.6 is 0 Å². The number of hydrogen-bond donors (Lipinski definition) is 6. The summed E-state index contributed by atoms with van der Waals surface area (Å²) in [4.78, 5) is 73.6. The van der Waals surface area contributed by atoms with Gasteiger partial charge in [0, 0.05) is 30.4 Å². The van der Waals surface area contributed by atoms with Crippen molar-refractivity contribution >= 4 is 41.1 Å². The maximum Gasteiger partial charge on any atom is 0.408 e. The Morgan fingerprint density at radius 1 is 0.733 bits per heavy atom. The number of carbonyl (C=O) groups excluding carboxylic acids is 5. The Kier molecular flexibility index (Phi) is 14.9. The maximum atomic E-state index is 13.2. The molecule has 0 fully saturated rings. The summed E-state index contributed by atoms with van der Waals surface area (Å²) in [5.41, 5.74) is -0.502. The van der Waals surface area contributed by atoms with Crippen molar-refractivity contribution in [3.63, 3.8) is 0 Å². The Bertz CT molecular complexity index is 1200. The topological polar surface area (TPSA) is 210 Å². The average Bonchev–Trinajstić information content (AvgIpc) is 2.91. The molecule has 1 aromatic carbocycles. The highest BCUT2D eigenvalue weighted by molar-refractivity contribution is 5.97. The molecule has 15 nitrogen and oxygen atoms in total. The maximum absolute atomic E-state index is 13.2. The summed E-state index contributed by atoms with van der Waals surface area (Å²) >= 11 is 0. The molecule has 5 atom stereocenters. The van der Waals surface area contributed by atoms with Crippen LogP contribution in [0.2, 0.25) is 0 Å². The second kappa shape index (κ2) is 17.3. The summed E-state index contributed by atoms with van der Waals surface area (Å²) in [6.45, 7) is 17.3. The fourth-order valence-electron chi connectivity index (χ4n) is 3.81. The van der Waals surface area contributed by atoms with Gasteiger partial charge in [-0.2, -0.15) is 0 Å². The number of amides is 5. The molecule has 1 aromatic rings. The van der Waals surface area contributed by atoms with Crippen molar-refractivity contribution in [3.05, 3.63) is 34.4 Å². The highest BCUT2D eigenvalue weighted by Gasteiger charge is 2.30.